The van der Waals surface area contributed by atoms with Crippen LogP contribution in [0.4, 0.5) is 10.1 Å². The van der Waals surface area contributed by atoms with E-state index in [1.165, 1.54) is 11.0 Å². The highest BCUT2D eigenvalue weighted by Gasteiger charge is 2.37. The summed E-state index contributed by atoms with van der Waals surface area (Å²) in [6, 6.07) is 2.38. The summed E-state index contributed by atoms with van der Waals surface area (Å²) in [5.74, 6) is -1.73. The molecule has 2 rings (SSSR count). The van der Waals surface area contributed by atoms with Crippen LogP contribution >= 0.6 is 11.6 Å². The molecule has 1 aliphatic rings. The second-order valence-corrected chi connectivity index (χ2v) is 5.35. The first-order valence-corrected chi connectivity index (χ1v) is 6.89. The lowest BCUT2D eigenvalue weighted by Gasteiger charge is -2.21. The summed E-state index contributed by atoms with van der Waals surface area (Å²) in [7, 11) is 0. The highest BCUT2D eigenvalue weighted by atomic mass is 35.5. The Balaban J connectivity index is 2.26. The molecule has 1 heterocycles. The first-order valence-electron chi connectivity index (χ1n) is 6.51. The Morgan fingerprint density at radius 2 is 2.10 bits per heavy atom. The second kappa shape index (κ2) is 5.89. The van der Waals surface area contributed by atoms with Crippen LogP contribution in [0, 0.1) is 11.7 Å². The molecule has 1 aliphatic heterocycles. The molecule has 0 aromatic heterocycles. The van der Waals surface area contributed by atoms with Gasteiger partial charge in [0, 0.05) is 6.54 Å². The molecule has 1 aromatic carbocycles. The lowest BCUT2D eigenvalue weighted by atomic mass is 10.1. The number of benzene rings is 1. The van der Waals surface area contributed by atoms with Gasteiger partial charge in [0.25, 0.3) is 11.7 Å². The number of nitrogens with zero attached hydrogens (tertiary/aromatic N) is 1. The van der Waals surface area contributed by atoms with E-state index in [0.29, 0.717) is 12.2 Å². The van der Waals surface area contributed by atoms with Crippen molar-refractivity contribution in [1.82, 2.24) is 5.32 Å². The zero-order valence-corrected chi connectivity index (χ0v) is 12.1. The summed E-state index contributed by atoms with van der Waals surface area (Å²) >= 11 is 5.66. The highest BCUT2D eigenvalue weighted by Crippen LogP contribution is 2.33. The van der Waals surface area contributed by atoms with Gasteiger partial charge in [0.05, 0.1) is 16.3 Å². The lowest BCUT2D eigenvalue weighted by Crippen LogP contribution is -2.36. The summed E-state index contributed by atoms with van der Waals surface area (Å²) < 4.78 is 13.5. The summed E-state index contributed by atoms with van der Waals surface area (Å²) in [6.07, 6.45) is 0. The Bertz CT molecular complexity index is 562. The van der Waals surface area contributed by atoms with Gasteiger partial charge in [-0.2, -0.15) is 0 Å². The van der Waals surface area contributed by atoms with E-state index in [2.05, 4.69) is 5.32 Å². The number of nitrogens with one attached hydrogen (secondary N) is 1. The standard InChI is InChI=1S/C14H16ClFN2O2/c1-3-17-6-8(2)7-18-12-5-11(16)10(15)4-9(12)13(19)14(18)20/h4-5,8,17H,3,6-7H2,1-2H3. The second-order valence-electron chi connectivity index (χ2n) is 4.94. The number of Topliss-reactive ketones (excluding diaryl/α,β-unsaturated/α-hetero) is 1. The van der Waals surface area contributed by atoms with E-state index in [9.17, 15) is 14.0 Å². The Kier molecular flexibility index (Phi) is 4.40. The number of hydrogen-bond donors (Lipinski definition) is 1. The number of ketones is 1. The Morgan fingerprint density at radius 1 is 1.40 bits per heavy atom. The number of rotatable bonds is 5. The van der Waals surface area contributed by atoms with Crippen LogP contribution in [0.25, 0.3) is 0 Å². The molecule has 0 saturated carbocycles. The van der Waals surface area contributed by atoms with Crippen molar-refractivity contribution < 1.29 is 14.0 Å². The van der Waals surface area contributed by atoms with Crippen molar-refractivity contribution >= 4 is 29.0 Å². The van der Waals surface area contributed by atoms with E-state index in [0.717, 1.165) is 19.2 Å². The van der Waals surface area contributed by atoms with E-state index in [1.807, 2.05) is 13.8 Å². The molecule has 4 nitrogen and oxygen atoms in total. The molecular weight excluding hydrogens is 283 g/mol. The van der Waals surface area contributed by atoms with Crippen molar-refractivity contribution in [1.29, 1.82) is 0 Å². The number of carbonyl (C=O) groups is 2. The largest absolute Gasteiger partial charge is 0.317 e. The van der Waals surface area contributed by atoms with Gasteiger partial charge in [0.2, 0.25) is 0 Å². The van der Waals surface area contributed by atoms with Gasteiger partial charge in [-0.25, -0.2) is 4.39 Å². The molecular formula is C14H16ClFN2O2. The van der Waals surface area contributed by atoms with Crippen LogP contribution in [-0.2, 0) is 4.79 Å². The summed E-state index contributed by atoms with van der Waals surface area (Å²) in [6.45, 7) is 5.87. The third-order valence-corrected chi connectivity index (χ3v) is 3.54. The van der Waals surface area contributed by atoms with Gasteiger partial charge >= 0.3 is 0 Å². The van der Waals surface area contributed by atoms with Crippen LogP contribution in [0.1, 0.15) is 24.2 Å². The van der Waals surface area contributed by atoms with Crippen molar-refractivity contribution in [2.45, 2.75) is 13.8 Å². The van der Waals surface area contributed by atoms with Gasteiger partial charge in [-0.1, -0.05) is 25.4 Å². The molecule has 1 amide bonds. The zero-order chi connectivity index (χ0) is 14.9. The van der Waals surface area contributed by atoms with Gasteiger partial charge in [0.1, 0.15) is 5.82 Å². The van der Waals surface area contributed by atoms with E-state index >= 15 is 0 Å². The van der Waals surface area contributed by atoms with E-state index < -0.39 is 17.5 Å². The van der Waals surface area contributed by atoms with Gasteiger partial charge in [-0.05, 0) is 31.1 Å². The highest BCUT2D eigenvalue weighted by molar-refractivity contribution is 6.52. The molecule has 0 aliphatic carbocycles. The van der Waals surface area contributed by atoms with Crippen molar-refractivity contribution in [3.05, 3.63) is 28.5 Å². The molecule has 1 aromatic rings. The van der Waals surface area contributed by atoms with E-state index in [-0.39, 0.29) is 16.5 Å². The predicted molar refractivity (Wildman–Crippen MR) is 75.8 cm³/mol. The van der Waals surface area contributed by atoms with Crippen LogP contribution in [0.2, 0.25) is 5.02 Å². The fourth-order valence-electron chi connectivity index (χ4n) is 2.24. The number of hydrogen-bond acceptors (Lipinski definition) is 3. The number of halogens is 2. The maximum atomic E-state index is 13.5. The molecule has 0 bridgehead atoms. The summed E-state index contributed by atoms with van der Waals surface area (Å²) in [5, 5.41) is 3.03. The lowest BCUT2D eigenvalue weighted by molar-refractivity contribution is -0.114. The number of amides is 1. The molecule has 20 heavy (non-hydrogen) atoms. The van der Waals surface area contributed by atoms with Crippen LogP contribution in [0.15, 0.2) is 12.1 Å². The smallest absolute Gasteiger partial charge is 0.299 e. The Hall–Kier alpha value is -1.46. The quantitative estimate of drug-likeness (QED) is 0.848. The van der Waals surface area contributed by atoms with Gasteiger partial charge in [0.15, 0.2) is 0 Å². The number of anilines is 1. The maximum Gasteiger partial charge on any atom is 0.299 e. The van der Waals surface area contributed by atoms with Crippen LogP contribution < -0.4 is 10.2 Å². The molecule has 0 saturated heterocycles. The SMILES string of the molecule is CCNCC(C)CN1C(=O)C(=O)c2cc(Cl)c(F)cc21. The minimum absolute atomic E-state index is 0.146. The van der Waals surface area contributed by atoms with Crippen molar-refractivity contribution in [3.63, 3.8) is 0 Å². The van der Waals surface area contributed by atoms with E-state index in [1.54, 1.807) is 0 Å². The van der Waals surface area contributed by atoms with Crippen LogP contribution in [0.3, 0.4) is 0 Å². The average molecular weight is 299 g/mol. The third kappa shape index (κ3) is 2.69. The predicted octanol–water partition coefficient (Wildman–Crippen LogP) is 2.25. The molecule has 0 fully saturated rings. The molecule has 1 N–H and O–H groups in total. The topological polar surface area (TPSA) is 49.4 Å². The van der Waals surface area contributed by atoms with E-state index in [4.69, 9.17) is 11.6 Å². The van der Waals surface area contributed by atoms with Gasteiger partial charge in [-0.3, -0.25) is 9.59 Å². The molecule has 6 heteroatoms. The average Bonchev–Trinajstić information content (AvgIpc) is 2.63. The minimum atomic E-state index is -0.628. The van der Waals surface area contributed by atoms with Gasteiger partial charge < -0.3 is 10.2 Å². The fraction of sp³-hybridized carbons (Fsp3) is 0.429. The summed E-state index contributed by atoms with van der Waals surface area (Å²) in [4.78, 5) is 25.2. The normalized spacial score (nSPS) is 15.7. The first kappa shape index (κ1) is 14.9. The molecule has 0 spiro atoms. The molecule has 1 unspecified atom stereocenters. The minimum Gasteiger partial charge on any atom is -0.317 e. The number of carbonyl (C=O) groups excluding carboxylic acids is 2. The zero-order valence-electron chi connectivity index (χ0n) is 11.4. The van der Waals surface area contributed by atoms with Crippen molar-refractivity contribution in [3.8, 4) is 0 Å². The Morgan fingerprint density at radius 3 is 2.75 bits per heavy atom. The van der Waals surface area contributed by atoms with Crippen molar-refractivity contribution in [2.24, 2.45) is 5.92 Å². The van der Waals surface area contributed by atoms with Crippen LogP contribution in [0.5, 0.6) is 0 Å². The summed E-state index contributed by atoms with van der Waals surface area (Å²) in [5.41, 5.74) is 0.488. The fourth-order valence-corrected chi connectivity index (χ4v) is 2.40. The Labute approximate surface area is 121 Å². The number of fused-ring (bicyclic) bond motifs is 1. The van der Waals surface area contributed by atoms with Crippen LogP contribution in [-0.4, -0.2) is 31.3 Å². The molecule has 108 valence electrons. The van der Waals surface area contributed by atoms with Gasteiger partial charge in [-0.15, -0.1) is 0 Å². The third-order valence-electron chi connectivity index (χ3n) is 3.25. The molecule has 1 atom stereocenters. The first-order chi connectivity index (χ1) is 9.45. The maximum absolute atomic E-state index is 13.5. The molecule has 0 radical (unpaired) electrons. The monoisotopic (exact) mass is 298 g/mol. The van der Waals surface area contributed by atoms with Crippen molar-refractivity contribution in [2.75, 3.05) is 24.5 Å².